The van der Waals surface area contributed by atoms with Crippen molar-refractivity contribution in [2.45, 2.75) is 114 Å². The first-order valence-electron chi connectivity index (χ1n) is 11.4. The van der Waals surface area contributed by atoms with Crippen LogP contribution in [-0.2, 0) is 0 Å². The van der Waals surface area contributed by atoms with E-state index < -0.39 is 42.7 Å². The molecule has 2 aliphatic rings. The maximum absolute atomic E-state index is 14.1. The topological polar surface area (TPSA) is 0 Å². The summed E-state index contributed by atoms with van der Waals surface area (Å²) in [6.07, 6.45) is 2.60. The summed E-state index contributed by atoms with van der Waals surface area (Å²) in [6, 6.07) is 0. The van der Waals surface area contributed by atoms with Crippen LogP contribution in [0.25, 0.3) is 0 Å². The van der Waals surface area contributed by atoms with Crippen molar-refractivity contribution in [2.75, 3.05) is 0 Å². The maximum Gasteiger partial charge on any atom is 0.460 e. The van der Waals surface area contributed by atoms with Crippen LogP contribution in [0.15, 0.2) is 0 Å². The molecule has 0 spiro atoms. The van der Waals surface area contributed by atoms with Gasteiger partial charge in [-0.1, -0.05) is 64.7 Å². The number of hydrogen-bond acceptors (Lipinski definition) is 0. The fourth-order valence-corrected chi connectivity index (χ4v) is 5.23. The lowest BCUT2D eigenvalue weighted by molar-refractivity contribution is -0.404. The number of halogens is 9. The van der Waals surface area contributed by atoms with E-state index >= 15 is 0 Å². The predicted octanol–water partition coefficient (Wildman–Crippen LogP) is 9.04. The molecule has 2 fully saturated rings. The summed E-state index contributed by atoms with van der Waals surface area (Å²) in [4.78, 5) is 0. The molecule has 0 radical (unpaired) electrons. The number of rotatable bonds is 9. The molecule has 184 valence electrons. The first-order valence-corrected chi connectivity index (χ1v) is 11.4. The van der Waals surface area contributed by atoms with Crippen molar-refractivity contribution in [3.05, 3.63) is 0 Å². The zero-order chi connectivity index (χ0) is 23.5. The average molecular weight is 468 g/mol. The van der Waals surface area contributed by atoms with Gasteiger partial charge in [-0.2, -0.15) is 39.5 Å². The molecule has 0 unspecified atom stereocenters. The average Bonchev–Trinajstić information content (AvgIpc) is 2.70. The molecule has 0 bridgehead atoms. The Bertz CT molecular complexity index is 540. The Labute approximate surface area is 178 Å². The molecule has 2 aliphatic carbocycles. The van der Waals surface area contributed by atoms with Crippen molar-refractivity contribution in [1.29, 1.82) is 0 Å². The van der Waals surface area contributed by atoms with Crippen LogP contribution in [0.5, 0.6) is 0 Å². The van der Waals surface area contributed by atoms with Gasteiger partial charge >= 0.3 is 23.9 Å². The molecule has 0 heterocycles. The number of hydrogen-bond donors (Lipinski definition) is 0. The molecule has 0 aliphatic heterocycles. The monoisotopic (exact) mass is 468 g/mol. The molecule has 0 aromatic carbocycles. The van der Waals surface area contributed by atoms with Gasteiger partial charge in [0.05, 0.1) is 0 Å². The van der Waals surface area contributed by atoms with Crippen molar-refractivity contribution in [3.63, 3.8) is 0 Å². The van der Waals surface area contributed by atoms with Gasteiger partial charge in [0.2, 0.25) is 0 Å². The SMILES string of the molecule is CCCCC1CCC(CCC2CCC(C(F)(F)C(F)(F)C(F)(F)C(F)(F)F)CC2)CC1. The highest BCUT2D eigenvalue weighted by atomic mass is 19.4. The summed E-state index contributed by atoms with van der Waals surface area (Å²) in [5, 5.41) is 0. The Morgan fingerprint density at radius 3 is 1.32 bits per heavy atom. The van der Waals surface area contributed by atoms with E-state index in [-0.39, 0.29) is 18.8 Å². The number of alkyl halides is 9. The van der Waals surface area contributed by atoms with E-state index in [0.717, 1.165) is 31.6 Å². The highest BCUT2D eigenvalue weighted by Crippen LogP contribution is 2.57. The molecule has 0 amide bonds. The molecule has 0 aromatic rings. The molecule has 0 atom stereocenters. The fourth-order valence-electron chi connectivity index (χ4n) is 5.23. The Hall–Kier alpha value is -0.630. The Balaban J connectivity index is 1.81. The van der Waals surface area contributed by atoms with Crippen molar-refractivity contribution in [3.8, 4) is 0 Å². The lowest BCUT2D eigenvalue weighted by Crippen LogP contribution is -2.63. The van der Waals surface area contributed by atoms with Gasteiger partial charge < -0.3 is 0 Å². The van der Waals surface area contributed by atoms with Crippen LogP contribution in [0.2, 0.25) is 0 Å². The highest BCUT2D eigenvalue weighted by Gasteiger charge is 2.82. The molecule has 2 rings (SSSR count). The molecule has 9 heteroatoms. The minimum absolute atomic E-state index is 0.0293. The van der Waals surface area contributed by atoms with E-state index in [1.807, 2.05) is 0 Å². The van der Waals surface area contributed by atoms with Crippen LogP contribution in [0.1, 0.15) is 90.4 Å². The summed E-state index contributed by atoms with van der Waals surface area (Å²) in [6.45, 7) is 2.17. The van der Waals surface area contributed by atoms with Gasteiger partial charge in [0.25, 0.3) is 0 Å². The predicted molar refractivity (Wildman–Crippen MR) is 101 cm³/mol. The summed E-state index contributed by atoms with van der Waals surface area (Å²) in [5.41, 5.74) is 0. The van der Waals surface area contributed by atoms with E-state index in [1.54, 1.807) is 0 Å². The zero-order valence-electron chi connectivity index (χ0n) is 17.9. The first-order chi connectivity index (χ1) is 14.2. The smallest absolute Gasteiger partial charge is 0.199 e. The molecule has 31 heavy (non-hydrogen) atoms. The Morgan fingerprint density at radius 2 is 0.935 bits per heavy atom. The quantitative estimate of drug-likeness (QED) is 0.296. The normalized spacial score (nSPS) is 29.2. The third kappa shape index (κ3) is 5.84. The Morgan fingerprint density at radius 1 is 0.548 bits per heavy atom. The fraction of sp³-hybridized carbons (Fsp3) is 1.00. The van der Waals surface area contributed by atoms with Crippen LogP contribution < -0.4 is 0 Å². The van der Waals surface area contributed by atoms with Gasteiger partial charge in [-0.25, -0.2) is 0 Å². The van der Waals surface area contributed by atoms with Crippen molar-refractivity contribution < 1.29 is 39.5 Å². The van der Waals surface area contributed by atoms with Gasteiger partial charge in [-0.05, 0) is 43.4 Å². The van der Waals surface area contributed by atoms with Crippen LogP contribution >= 0.6 is 0 Å². The van der Waals surface area contributed by atoms with E-state index in [4.69, 9.17) is 0 Å². The maximum atomic E-state index is 14.1. The molecule has 0 nitrogen and oxygen atoms in total. The van der Waals surface area contributed by atoms with Crippen molar-refractivity contribution in [2.24, 2.45) is 23.7 Å². The van der Waals surface area contributed by atoms with Crippen LogP contribution in [0.4, 0.5) is 39.5 Å². The summed E-state index contributed by atoms with van der Waals surface area (Å²) in [5.74, 6) is -19.5. The van der Waals surface area contributed by atoms with Gasteiger partial charge in [0, 0.05) is 5.92 Å². The van der Waals surface area contributed by atoms with E-state index in [2.05, 4.69) is 6.92 Å². The molecule has 0 aromatic heterocycles. The summed E-state index contributed by atoms with van der Waals surface area (Å²) >= 11 is 0. The van der Waals surface area contributed by atoms with Gasteiger partial charge in [-0.3, -0.25) is 0 Å². The molecule has 0 saturated heterocycles. The van der Waals surface area contributed by atoms with E-state index in [0.29, 0.717) is 5.92 Å². The zero-order valence-corrected chi connectivity index (χ0v) is 17.9. The Kier molecular flexibility index (Phi) is 8.68. The van der Waals surface area contributed by atoms with Crippen LogP contribution in [-0.4, -0.2) is 23.9 Å². The second-order valence-corrected chi connectivity index (χ2v) is 9.59. The second kappa shape index (κ2) is 10.1. The second-order valence-electron chi connectivity index (χ2n) is 9.59. The standard InChI is InChI=1S/C22H33F9/c1-2-3-4-15-5-7-16(8-6-15)9-10-17-11-13-18(14-12-17)19(23,24)20(25,26)21(27,28)22(29,30)31/h15-18H,2-14H2,1H3. The van der Waals surface area contributed by atoms with Gasteiger partial charge in [0.1, 0.15) is 0 Å². The molecular weight excluding hydrogens is 435 g/mol. The third-order valence-electron chi connectivity index (χ3n) is 7.44. The lowest BCUT2D eigenvalue weighted by atomic mass is 9.73. The highest BCUT2D eigenvalue weighted by molar-refractivity contribution is 5.03. The van der Waals surface area contributed by atoms with Crippen LogP contribution in [0, 0.1) is 23.7 Å². The lowest BCUT2D eigenvalue weighted by Gasteiger charge is -2.40. The largest absolute Gasteiger partial charge is 0.460 e. The molecule has 2 saturated carbocycles. The summed E-state index contributed by atoms with van der Waals surface area (Å²) < 4.78 is 119. The molecule has 0 N–H and O–H groups in total. The minimum Gasteiger partial charge on any atom is -0.199 e. The molecular formula is C22H33F9. The van der Waals surface area contributed by atoms with E-state index in [9.17, 15) is 39.5 Å². The van der Waals surface area contributed by atoms with Crippen molar-refractivity contribution in [1.82, 2.24) is 0 Å². The van der Waals surface area contributed by atoms with Gasteiger partial charge in [-0.15, -0.1) is 0 Å². The van der Waals surface area contributed by atoms with Gasteiger partial charge in [0.15, 0.2) is 0 Å². The minimum atomic E-state index is -6.78. The van der Waals surface area contributed by atoms with Crippen LogP contribution in [0.3, 0.4) is 0 Å². The van der Waals surface area contributed by atoms with E-state index in [1.165, 1.54) is 32.1 Å². The van der Waals surface area contributed by atoms with Crippen molar-refractivity contribution >= 4 is 0 Å². The third-order valence-corrected chi connectivity index (χ3v) is 7.44. The first kappa shape index (κ1) is 26.6. The number of unbranched alkanes of at least 4 members (excludes halogenated alkanes) is 1. The summed E-state index contributed by atoms with van der Waals surface area (Å²) in [7, 11) is 0.